The van der Waals surface area contributed by atoms with Crippen molar-refractivity contribution in [2.45, 2.75) is 90.9 Å². The molecule has 17 rings (SSSR count). The third-order valence-electron chi connectivity index (χ3n) is 19.3. The molecule has 96 heavy (non-hydrogen) atoms. The minimum atomic E-state index is -1.18. The zero-order chi connectivity index (χ0) is 88.0. The summed E-state index contributed by atoms with van der Waals surface area (Å²) in [6, 6.07) is 20.4. The summed E-state index contributed by atoms with van der Waals surface area (Å²) in [7, 11) is 0. The van der Waals surface area contributed by atoms with Crippen LogP contribution < -0.4 is 26.2 Å². The molecule has 0 saturated heterocycles. The van der Waals surface area contributed by atoms with Gasteiger partial charge in [-0.1, -0.05) is 298 Å². The Morgan fingerprint density at radius 3 is 1.23 bits per heavy atom. The molecule has 13 aromatic carbocycles. The second-order valence-electron chi connectivity index (χ2n) is 28.1. The number of rotatable bonds is 8. The number of aromatic nitrogens is 1. The lowest BCUT2D eigenvalue weighted by molar-refractivity contribution is 0.590. The van der Waals surface area contributed by atoms with Gasteiger partial charge in [0.15, 0.2) is 0 Å². The van der Waals surface area contributed by atoms with Gasteiger partial charge < -0.3 is 14.4 Å². The van der Waals surface area contributed by atoms with Gasteiger partial charge in [0.05, 0.1) is 58.0 Å². The average Bonchev–Trinajstić information content (AvgIpc) is 0.762. The zero-order valence-corrected chi connectivity index (χ0v) is 54.4. The number of hydrogen-bond donors (Lipinski definition) is 0. The van der Waals surface area contributed by atoms with E-state index < -0.39 is 231 Å². The Balaban J connectivity index is 1.15. The first-order valence-electron chi connectivity index (χ1n) is 45.2. The quantitative estimate of drug-likeness (QED) is 0.141. The van der Waals surface area contributed by atoms with Gasteiger partial charge in [0.2, 0.25) is 0 Å². The third-order valence-corrected chi connectivity index (χ3v) is 19.3. The summed E-state index contributed by atoms with van der Waals surface area (Å²) in [5.74, 6) is -0.548. The topological polar surface area (TPSA) is 11.4 Å². The maximum Gasteiger partial charge on any atom is 0.252 e. The highest BCUT2D eigenvalue weighted by molar-refractivity contribution is 7.00. The fourth-order valence-electron chi connectivity index (χ4n) is 14.6. The number of para-hydroxylation sites is 2. The Labute approximate surface area is 603 Å². The summed E-state index contributed by atoms with van der Waals surface area (Å²) < 4.78 is 254. The van der Waals surface area contributed by atoms with Crippen molar-refractivity contribution in [2.75, 3.05) is 9.80 Å². The van der Waals surface area contributed by atoms with Crippen LogP contribution in [0.25, 0.3) is 72.0 Å². The van der Waals surface area contributed by atoms with Crippen molar-refractivity contribution in [1.29, 1.82) is 0 Å². The molecule has 0 spiro atoms. The van der Waals surface area contributed by atoms with Gasteiger partial charge in [0, 0.05) is 67.4 Å². The summed E-state index contributed by atoms with van der Waals surface area (Å²) >= 11 is 0. The Morgan fingerprint density at radius 1 is 0.365 bits per heavy atom. The predicted molar refractivity (Wildman–Crippen MR) is 409 cm³/mol. The Hall–Kier alpha value is -10.7. The lowest BCUT2D eigenvalue weighted by Gasteiger charge is -2.46. The highest BCUT2D eigenvalue weighted by Gasteiger charge is 2.47. The molecule has 1 aliphatic carbocycles. The van der Waals surface area contributed by atoms with Crippen LogP contribution in [-0.2, 0) is 22.7 Å². The number of anilines is 6. The van der Waals surface area contributed by atoms with E-state index in [1.54, 1.807) is 28.0 Å². The highest BCUT2D eigenvalue weighted by atomic mass is 15.2. The largest absolute Gasteiger partial charge is 0.310 e. The Bertz CT molecular complexity index is 6620. The average molecular weight is 1260 g/mol. The molecule has 0 unspecified atom stereocenters. The zero-order valence-electron chi connectivity index (χ0n) is 80.4. The molecule has 14 aromatic rings. The van der Waals surface area contributed by atoms with E-state index in [0.717, 1.165) is 55.2 Å². The normalized spacial score (nSPS) is 17.3. The van der Waals surface area contributed by atoms with Crippen molar-refractivity contribution >= 4 is 79.0 Å². The lowest BCUT2D eigenvalue weighted by Crippen LogP contribution is -2.61. The van der Waals surface area contributed by atoms with Crippen molar-refractivity contribution in [1.82, 2.24) is 4.57 Å². The molecule has 3 nitrogen and oxygen atoms in total. The molecule has 464 valence electrons. The van der Waals surface area contributed by atoms with Crippen LogP contribution in [0.1, 0.15) is 148 Å². The Kier molecular flexibility index (Phi) is 8.77. The van der Waals surface area contributed by atoms with Crippen molar-refractivity contribution in [2.24, 2.45) is 0 Å². The van der Waals surface area contributed by atoms with Gasteiger partial charge in [0.25, 0.3) is 6.71 Å². The molecule has 0 amide bonds. The standard InChI is InChI=1S/C92H78BN3/c1-90(2,3)66-45-50-80-76(54-66)77-55-67(91(4,5)6)46-51-81(77)94(80)69-47-48-78-83(58-69)96(89-74(61-32-18-12-19-33-61)42-27-43-75(89)62-34-20-13-21-35-62)85-57-68(92(7,8)9)56-84-87(85)93(78)79-53-65(86-70-38-24-22-36-63(70)52-64-37-23-25-39-71(64)86)44-49-82(79)95(84)88-72(59-28-14-10-15-29-59)40-26-41-73(88)60-30-16-11-17-31-60/h10-51,53-58,86H,52H2,1-9H3/i10D,11D,12D,13D,14D,15D,16D,17D,18D,19D,20D,21D,26D,27D,28D,29D,30D,31D,32D,33D,34D,35D,40D,41D,42D,43D. The molecule has 0 N–H and O–H groups in total. The van der Waals surface area contributed by atoms with Crippen LogP contribution in [0.3, 0.4) is 0 Å². The molecule has 3 heterocycles. The predicted octanol–water partition coefficient (Wildman–Crippen LogP) is 22.5. The molecule has 0 saturated carbocycles. The first-order chi connectivity index (χ1) is 57.3. The molecule has 0 bridgehead atoms. The first-order valence-corrected chi connectivity index (χ1v) is 32.2. The van der Waals surface area contributed by atoms with Crippen molar-refractivity contribution in [3.8, 4) is 50.2 Å². The summed E-state index contributed by atoms with van der Waals surface area (Å²) in [6.45, 7) is 17.2. The molecule has 0 radical (unpaired) electrons. The Morgan fingerprint density at radius 2 is 0.792 bits per heavy atom. The summed E-state index contributed by atoms with van der Waals surface area (Å²) in [5.41, 5.74) is 2.29. The second kappa shape index (κ2) is 22.5. The van der Waals surface area contributed by atoms with E-state index >= 15 is 0 Å². The van der Waals surface area contributed by atoms with Crippen LogP contribution >= 0.6 is 0 Å². The van der Waals surface area contributed by atoms with Gasteiger partial charge >= 0.3 is 0 Å². The van der Waals surface area contributed by atoms with E-state index in [9.17, 15) is 30.2 Å². The summed E-state index contributed by atoms with van der Waals surface area (Å²) in [5, 5.41) is 1.76. The maximum atomic E-state index is 10.5. The van der Waals surface area contributed by atoms with E-state index in [1.807, 2.05) is 87.5 Å². The fourth-order valence-corrected chi connectivity index (χ4v) is 14.6. The van der Waals surface area contributed by atoms with Gasteiger partial charge in [-0.3, -0.25) is 0 Å². The minimum Gasteiger partial charge on any atom is -0.310 e. The molecule has 1 aromatic heterocycles. The van der Waals surface area contributed by atoms with Crippen LogP contribution in [0.2, 0.25) is 0 Å². The number of hydrogen-bond acceptors (Lipinski definition) is 2. The lowest BCUT2D eigenvalue weighted by atomic mass is 9.33. The molecule has 4 heteroatoms. The SMILES string of the molecule is [2H]c1c([2H])c([2H])c(-c2c([2H])c([2H])c([2H])c(-c3c([2H])c([2H])c([2H])c([2H])c3[2H])c2N2c3ccc(C4c5ccccc5Cc5ccccc54)cc3B3c4ccc(-n5c6ccc(C(C)(C)C)cc6c6cc(C(C)(C)C)ccc65)cc4N(c4c(-c5c([2H])c([2H])c([2H])c([2H])c5[2H])c([2H])c([2H])c([2H])c4-c4c([2H])c([2H])c([2H])c([2H])c4[2H])c4cc(C(C)(C)C)cc2c43)c([2H])c1[2H]. The smallest absolute Gasteiger partial charge is 0.252 e. The first kappa shape index (κ1) is 37.4. The van der Waals surface area contributed by atoms with Gasteiger partial charge in [0.1, 0.15) is 0 Å². The van der Waals surface area contributed by atoms with Gasteiger partial charge in [-0.25, -0.2) is 0 Å². The molecular formula is C92H78BN3. The highest BCUT2D eigenvalue weighted by Crippen LogP contribution is 2.55. The second-order valence-corrected chi connectivity index (χ2v) is 28.1. The molecule has 0 atom stereocenters. The molecular weight excluding hydrogens is 1160 g/mol. The summed E-state index contributed by atoms with van der Waals surface area (Å²) in [4.78, 5) is 3.12. The van der Waals surface area contributed by atoms with Crippen molar-refractivity contribution in [3.63, 3.8) is 0 Å². The minimum absolute atomic E-state index is 0.0325. The van der Waals surface area contributed by atoms with Gasteiger partial charge in [-0.05, 0) is 160 Å². The number of benzene rings is 13. The van der Waals surface area contributed by atoms with E-state index in [1.165, 1.54) is 0 Å². The molecule has 2 aliphatic heterocycles. The van der Waals surface area contributed by atoms with Crippen LogP contribution in [-0.4, -0.2) is 11.3 Å². The summed E-state index contributed by atoms with van der Waals surface area (Å²) in [6.07, 6.45) is 0.567. The van der Waals surface area contributed by atoms with E-state index in [2.05, 4.69) is 94.6 Å². The third kappa shape index (κ3) is 9.70. The van der Waals surface area contributed by atoms with Gasteiger partial charge in [-0.2, -0.15) is 0 Å². The van der Waals surface area contributed by atoms with Crippen LogP contribution in [0.4, 0.5) is 34.1 Å². The molecule has 0 fully saturated rings. The maximum absolute atomic E-state index is 10.5. The monoisotopic (exact) mass is 1260 g/mol. The van der Waals surface area contributed by atoms with Gasteiger partial charge in [-0.15, -0.1) is 0 Å². The van der Waals surface area contributed by atoms with Crippen LogP contribution in [0, 0.1) is 0 Å². The van der Waals surface area contributed by atoms with E-state index in [0.29, 0.717) is 34.2 Å². The number of nitrogens with zero attached hydrogens (tertiary/aromatic N) is 3. The molecule has 3 aliphatic rings. The fraction of sp³-hybridized carbons (Fsp3) is 0.152. The van der Waals surface area contributed by atoms with Crippen LogP contribution in [0.15, 0.2) is 291 Å². The number of fused-ring (bicyclic) bond motifs is 9. The van der Waals surface area contributed by atoms with E-state index in [4.69, 9.17) is 5.48 Å². The van der Waals surface area contributed by atoms with Crippen LogP contribution in [0.5, 0.6) is 0 Å². The van der Waals surface area contributed by atoms with E-state index in [-0.39, 0.29) is 39.0 Å². The van der Waals surface area contributed by atoms with Crippen molar-refractivity contribution < 1.29 is 35.6 Å². The van der Waals surface area contributed by atoms with Crippen molar-refractivity contribution in [3.05, 3.63) is 335 Å².